The van der Waals surface area contributed by atoms with Crippen LogP contribution in [0.5, 0.6) is 11.5 Å². The van der Waals surface area contributed by atoms with E-state index in [9.17, 15) is 9.59 Å². The standard InChI is InChI=1S/C16H20BrNO5/c1-4-5-16(2,15(20)21-3)18-14(19)10-8-11(17)13-12(9-10)22-6-7-23-13/h8-9H,4-7H2,1-3H3,(H,18,19)/t16-/m0/s1. The SMILES string of the molecule is CCC[C@](C)(NC(=O)c1cc(Br)c2c(c1)OCCO2)C(=O)OC. The fourth-order valence-electron chi connectivity index (χ4n) is 2.51. The summed E-state index contributed by atoms with van der Waals surface area (Å²) in [5.74, 6) is 0.247. The van der Waals surface area contributed by atoms with E-state index in [1.807, 2.05) is 6.92 Å². The minimum Gasteiger partial charge on any atom is -0.486 e. The zero-order chi connectivity index (χ0) is 17.0. The van der Waals surface area contributed by atoms with Crippen molar-refractivity contribution >= 4 is 27.8 Å². The van der Waals surface area contributed by atoms with Gasteiger partial charge in [-0.25, -0.2) is 4.79 Å². The van der Waals surface area contributed by atoms with Gasteiger partial charge in [0.15, 0.2) is 11.5 Å². The molecule has 1 heterocycles. The van der Waals surface area contributed by atoms with Gasteiger partial charge >= 0.3 is 5.97 Å². The molecule has 0 aromatic heterocycles. The van der Waals surface area contributed by atoms with Crippen molar-refractivity contribution < 1.29 is 23.8 Å². The molecule has 0 aliphatic carbocycles. The predicted molar refractivity (Wildman–Crippen MR) is 87.9 cm³/mol. The minimum atomic E-state index is -1.07. The van der Waals surface area contributed by atoms with Gasteiger partial charge in [-0.2, -0.15) is 0 Å². The number of esters is 1. The Bertz CT molecular complexity index is 619. The summed E-state index contributed by atoms with van der Waals surface area (Å²) in [5, 5.41) is 2.76. The first kappa shape index (κ1) is 17.6. The number of methoxy groups -OCH3 is 1. The Labute approximate surface area is 143 Å². The molecular weight excluding hydrogens is 366 g/mol. The first-order valence-electron chi connectivity index (χ1n) is 7.41. The van der Waals surface area contributed by atoms with Crippen LogP contribution in [0, 0.1) is 0 Å². The molecule has 0 saturated heterocycles. The molecule has 0 saturated carbocycles. The molecule has 1 aromatic carbocycles. The van der Waals surface area contributed by atoms with E-state index in [2.05, 4.69) is 21.2 Å². The van der Waals surface area contributed by atoms with Crippen LogP contribution in [0.3, 0.4) is 0 Å². The Hall–Kier alpha value is -1.76. The van der Waals surface area contributed by atoms with Crippen LogP contribution in [0.25, 0.3) is 0 Å². The van der Waals surface area contributed by atoms with E-state index in [1.54, 1.807) is 19.1 Å². The van der Waals surface area contributed by atoms with Crippen LogP contribution in [-0.2, 0) is 9.53 Å². The van der Waals surface area contributed by atoms with E-state index in [1.165, 1.54) is 7.11 Å². The molecule has 23 heavy (non-hydrogen) atoms. The summed E-state index contributed by atoms with van der Waals surface area (Å²) >= 11 is 3.38. The number of ether oxygens (including phenoxy) is 3. The third-order valence-corrected chi connectivity index (χ3v) is 4.22. The van der Waals surface area contributed by atoms with Crippen molar-refractivity contribution in [3.63, 3.8) is 0 Å². The van der Waals surface area contributed by atoms with Gasteiger partial charge < -0.3 is 19.5 Å². The van der Waals surface area contributed by atoms with Crippen molar-refractivity contribution in [3.05, 3.63) is 22.2 Å². The van der Waals surface area contributed by atoms with Crippen molar-refractivity contribution in [2.24, 2.45) is 0 Å². The fourth-order valence-corrected chi connectivity index (χ4v) is 3.06. The normalized spacial score (nSPS) is 15.5. The molecule has 1 aliphatic heterocycles. The van der Waals surface area contributed by atoms with Crippen molar-refractivity contribution in [2.75, 3.05) is 20.3 Å². The first-order valence-corrected chi connectivity index (χ1v) is 8.20. The second-order valence-electron chi connectivity index (χ2n) is 5.51. The van der Waals surface area contributed by atoms with Gasteiger partial charge in [0.2, 0.25) is 0 Å². The monoisotopic (exact) mass is 385 g/mol. The highest BCUT2D eigenvalue weighted by molar-refractivity contribution is 9.10. The van der Waals surface area contributed by atoms with E-state index in [0.29, 0.717) is 41.2 Å². The topological polar surface area (TPSA) is 73.9 Å². The van der Waals surface area contributed by atoms with Crippen molar-refractivity contribution in [1.82, 2.24) is 5.32 Å². The molecule has 0 bridgehead atoms. The fraction of sp³-hybridized carbons (Fsp3) is 0.500. The van der Waals surface area contributed by atoms with Gasteiger partial charge in [0.1, 0.15) is 18.8 Å². The van der Waals surface area contributed by atoms with Crippen LogP contribution in [0.15, 0.2) is 16.6 Å². The molecular formula is C16H20BrNO5. The zero-order valence-corrected chi connectivity index (χ0v) is 15.0. The molecule has 7 heteroatoms. The molecule has 126 valence electrons. The van der Waals surface area contributed by atoms with Gasteiger partial charge in [0.05, 0.1) is 11.6 Å². The highest BCUT2D eigenvalue weighted by Gasteiger charge is 2.35. The van der Waals surface area contributed by atoms with E-state index < -0.39 is 11.5 Å². The Kier molecular flexibility index (Phi) is 5.51. The van der Waals surface area contributed by atoms with Gasteiger partial charge in [0, 0.05) is 5.56 Å². The van der Waals surface area contributed by atoms with Crippen molar-refractivity contribution in [2.45, 2.75) is 32.2 Å². The Morgan fingerprint density at radius 1 is 1.35 bits per heavy atom. The lowest BCUT2D eigenvalue weighted by Gasteiger charge is -2.28. The first-order chi connectivity index (χ1) is 10.9. The Morgan fingerprint density at radius 3 is 2.70 bits per heavy atom. The lowest BCUT2D eigenvalue weighted by Crippen LogP contribution is -2.52. The van der Waals surface area contributed by atoms with Gasteiger partial charge in [-0.3, -0.25) is 4.79 Å². The summed E-state index contributed by atoms with van der Waals surface area (Å²) in [6.45, 7) is 4.50. The predicted octanol–water partition coefficient (Wildman–Crippen LogP) is 2.68. The van der Waals surface area contributed by atoms with Gasteiger partial charge in [-0.05, 0) is 41.4 Å². The smallest absolute Gasteiger partial charge is 0.331 e. The molecule has 1 N–H and O–H groups in total. The number of halogens is 1. The number of fused-ring (bicyclic) bond motifs is 1. The average Bonchev–Trinajstić information content (AvgIpc) is 2.54. The van der Waals surface area contributed by atoms with Crippen molar-refractivity contribution in [1.29, 1.82) is 0 Å². The van der Waals surface area contributed by atoms with Crippen molar-refractivity contribution in [3.8, 4) is 11.5 Å². The number of carbonyl (C=O) groups excluding carboxylic acids is 2. The second-order valence-corrected chi connectivity index (χ2v) is 6.36. The average molecular weight is 386 g/mol. The van der Waals surface area contributed by atoms with Gasteiger partial charge in [0.25, 0.3) is 5.91 Å². The summed E-state index contributed by atoms with van der Waals surface area (Å²) in [4.78, 5) is 24.6. The van der Waals surface area contributed by atoms with E-state index in [-0.39, 0.29) is 5.91 Å². The summed E-state index contributed by atoms with van der Waals surface area (Å²) in [7, 11) is 1.31. The van der Waals surface area contributed by atoms with E-state index in [0.717, 1.165) is 6.42 Å². The van der Waals surface area contributed by atoms with Gasteiger partial charge in [-0.15, -0.1) is 0 Å². The highest BCUT2D eigenvalue weighted by atomic mass is 79.9. The number of hydrogen-bond donors (Lipinski definition) is 1. The highest BCUT2D eigenvalue weighted by Crippen LogP contribution is 2.38. The molecule has 1 amide bonds. The number of amides is 1. The van der Waals surface area contributed by atoms with Crippen LogP contribution in [0.4, 0.5) is 0 Å². The summed E-state index contributed by atoms with van der Waals surface area (Å²) in [5.41, 5.74) is -0.687. The minimum absolute atomic E-state index is 0.371. The van der Waals surface area contributed by atoms with Crippen LogP contribution >= 0.6 is 15.9 Å². The molecule has 1 atom stereocenters. The van der Waals surface area contributed by atoms with Gasteiger partial charge in [-0.1, -0.05) is 13.3 Å². The number of carbonyl (C=O) groups is 2. The maximum atomic E-state index is 12.6. The summed E-state index contributed by atoms with van der Waals surface area (Å²) in [6.07, 6.45) is 1.22. The Balaban J connectivity index is 2.26. The molecule has 0 fully saturated rings. The maximum absolute atomic E-state index is 12.6. The van der Waals surface area contributed by atoms with Crippen LogP contribution in [0.2, 0.25) is 0 Å². The van der Waals surface area contributed by atoms with Crippen LogP contribution in [-0.4, -0.2) is 37.7 Å². The number of hydrogen-bond acceptors (Lipinski definition) is 5. The molecule has 0 unspecified atom stereocenters. The summed E-state index contributed by atoms with van der Waals surface area (Å²) in [6, 6.07) is 3.25. The maximum Gasteiger partial charge on any atom is 0.331 e. The molecule has 2 rings (SSSR count). The molecule has 0 radical (unpaired) electrons. The van der Waals surface area contributed by atoms with Crippen LogP contribution in [0.1, 0.15) is 37.0 Å². The third-order valence-electron chi connectivity index (χ3n) is 3.63. The largest absolute Gasteiger partial charge is 0.486 e. The lowest BCUT2D eigenvalue weighted by molar-refractivity contribution is -0.147. The zero-order valence-electron chi connectivity index (χ0n) is 13.4. The number of rotatable bonds is 5. The second kappa shape index (κ2) is 7.21. The molecule has 6 nitrogen and oxygen atoms in total. The Morgan fingerprint density at radius 2 is 2.04 bits per heavy atom. The van der Waals surface area contributed by atoms with E-state index in [4.69, 9.17) is 14.2 Å². The molecule has 1 aromatic rings. The molecule has 1 aliphatic rings. The lowest BCUT2D eigenvalue weighted by atomic mass is 9.95. The third kappa shape index (κ3) is 3.77. The molecule has 0 spiro atoms. The quantitative estimate of drug-likeness (QED) is 0.788. The van der Waals surface area contributed by atoms with Crippen LogP contribution < -0.4 is 14.8 Å². The van der Waals surface area contributed by atoms with E-state index >= 15 is 0 Å². The summed E-state index contributed by atoms with van der Waals surface area (Å²) < 4.78 is 16.5. The number of nitrogens with one attached hydrogen (secondary N) is 1. The number of benzene rings is 1.